The van der Waals surface area contributed by atoms with Crippen LogP contribution in [0.4, 0.5) is 0 Å². The molecule has 1 heterocycles. The Hall–Kier alpha value is -1.21. The van der Waals surface area contributed by atoms with E-state index in [4.69, 9.17) is 14.2 Å². The van der Waals surface area contributed by atoms with Crippen LogP contribution in [-0.2, 0) is 19.0 Å². The molecule has 170 valence electrons. The van der Waals surface area contributed by atoms with Gasteiger partial charge in [-0.3, -0.25) is 14.9 Å². The molecular formula is C22H41NO6. The maximum absolute atomic E-state index is 12.1. The van der Waals surface area contributed by atoms with E-state index in [-0.39, 0.29) is 24.6 Å². The van der Waals surface area contributed by atoms with E-state index in [0.717, 1.165) is 19.3 Å². The van der Waals surface area contributed by atoms with Crippen LogP contribution in [0.2, 0.25) is 0 Å². The Morgan fingerprint density at radius 3 is 2.17 bits per heavy atom. The molecule has 1 unspecified atom stereocenters. The van der Waals surface area contributed by atoms with E-state index < -0.39 is 29.8 Å². The SMILES string of the molecule is CCCCCCCCCCCC([C@H](CC(=O)OCC)[C@H]1COC(C)(C)O1)[N+](=O)[O-]. The summed E-state index contributed by atoms with van der Waals surface area (Å²) in [5, 5.41) is 11.8. The standard InChI is InChI=1S/C22H41NO6/c1-5-7-8-9-10-11-12-13-14-15-19(23(25)26)18(16-21(24)27-6-2)20-17-28-22(3,4)29-20/h18-20H,5-17H2,1-4H3/t18-,19?,20+/m0/s1. The minimum absolute atomic E-state index is 0.0129. The van der Waals surface area contributed by atoms with Gasteiger partial charge in [-0.05, 0) is 27.2 Å². The van der Waals surface area contributed by atoms with Crippen molar-refractivity contribution < 1.29 is 23.9 Å². The molecule has 1 saturated heterocycles. The van der Waals surface area contributed by atoms with Crippen LogP contribution in [0.15, 0.2) is 0 Å². The third kappa shape index (κ3) is 10.4. The number of carbonyl (C=O) groups excluding carboxylic acids is 1. The molecule has 0 spiro atoms. The number of unbranched alkanes of at least 4 members (excludes halogenated alkanes) is 8. The lowest BCUT2D eigenvalue weighted by atomic mass is 9.87. The number of carbonyl (C=O) groups is 1. The lowest BCUT2D eigenvalue weighted by Gasteiger charge is -2.26. The minimum Gasteiger partial charge on any atom is -0.466 e. The molecule has 1 fully saturated rings. The summed E-state index contributed by atoms with van der Waals surface area (Å²) >= 11 is 0. The number of rotatable bonds is 16. The molecule has 0 aromatic carbocycles. The van der Waals surface area contributed by atoms with Crippen molar-refractivity contribution in [3.8, 4) is 0 Å². The van der Waals surface area contributed by atoms with Gasteiger partial charge in [-0.25, -0.2) is 0 Å². The van der Waals surface area contributed by atoms with Crippen LogP contribution in [0.25, 0.3) is 0 Å². The van der Waals surface area contributed by atoms with Crippen molar-refractivity contribution in [3.05, 3.63) is 10.1 Å². The van der Waals surface area contributed by atoms with Gasteiger partial charge in [0.2, 0.25) is 6.04 Å². The second-order valence-electron chi connectivity index (χ2n) is 8.51. The van der Waals surface area contributed by atoms with E-state index in [0.29, 0.717) is 6.42 Å². The Bertz CT molecular complexity index is 482. The molecule has 1 aliphatic heterocycles. The Kier molecular flexibility index (Phi) is 12.4. The Balaban J connectivity index is 2.54. The molecule has 0 radical (unpaired) electrons. The number of hydrogen-bond donors (Lipinski definition) is 0. The molecule has 0 saturated carbocycles. The summed E-state index contributed by atoms with van der Waals surface area (Å²) < 4.78 is 16.5. The van der Waals surface area contributed by atoms with Crippen LogP contribution in [0.5, 0.6) is 0 Å². The topological polar surface area (TPSA) is 87.9 Å². The van der Waals surface area contributed by atoms with Crippen LogP contribution in [0.3, 0.4) is 0 Å². The first kappa shape index (κ1) is 25.8. The summed E-state index contributed by atoms with van der Waals surface area (Å²) in [7, 11) is 0. The van der Waals surface area contributed by atoms with E-state index >= 15 is 0 Å². The predicted molar refractivity (Wildman–Crippen MR) is 112 cm³/mol. The van der Waals surface area contributed by atoms with Crippen molar-refractivity contribution in [3.63, 3.8) is 0 Å². The summed E-state index contributed by atoms with van der Waals surface area (Å²) in [6.07, 6.45) is 10.4. The van der Waals surface area contributed by atoms with Crippen LogP contribution in [0.1, 0.15) is 98.3 Å². The van der Waals surface area contributed by atoms with E-state index in [1.165, 1.54) is 38.5 Å². The molecule has 29 heavy (non-hydrogen) atoms. The fraction of sp³-hybridized carbons (Fsp3) is 0.955. The summed E-state index contributed by atoms with van der Waals surface area (Å²) in [6, 6.07) is -0.827. The van der Waals surface area contributed by atoms with Gasteiger partial charge in [0.25, 0.3) is 0 Å². The highest BCUT2D eigenvalue weighted by molar-refractivity contribution is 5.69. The fourth-order valence-electron chi connectivity index (χ4n) is 3.99. The summed E-state index contributed by atoms with van der Waals surface area (Å²) in [4.78, 5) is 23.7. The molecule has 7 nitrogen and oxygen atoms in total. The third-order valence-corrected chi connectivity index (χ3v) is 5.58. The molecule has 0 aromatic heterocycles. The lowest BCUT2D eigenvalue weighted by Crippen LogP contribution is -2.41. The number of nitrogens with zero attached hydrogens (tertiary/aromatic N) is 1. The van der Waals surface area contributed by atoms with Crippen LogP contribution in [-0.4, -0.2) is 42.0 Å². The van der Waals surface area contributed by atoms with E-state index in [9.17, 15) is 14.9 Å². The first-order chi connectivity index (χ1) is 13.8. The number of ether oxygens (including phenoxy) is 3. The minimum atomic E-state index is -0.827. The van der Waals surface area contributed by atoms with Crippen LogP contribution in [0, 0.1) is 16.0 Å². The zero-order valence-electron chi connectivity index (χ0n) is 18.8. The fourth-order valence-corrected chi connectivity index (χ4v) is 3.99. The van der Waals surface area contributed by atoms with Crippen LogP contribution < -0.4 is 0 Å². The van der Waals surface area contributed by atoms with E-state index in [1.807, 2.05) is 0 Å². The van der Waals surface area contributed by atoms with Gasteiger partial charge in [-0.2, -0.15) is 0 Å². The van der Waals surface area contributed by atoms with Crippen molar-refractivity contribution >= 4 is 5.97 Å². The normalized spacial score (nSPS) is 20.3. The second-order valence-corrected chi connectivity index (χ2v) is 8.51. The number of esters is 1. The molecular weight excluding hydrogens is 374 g/mol. The summed E-state index contributed by atoms with van der Waals surface area (Å²) in [5.41, 5.74) is 0. The smallest absolute Gasteiger partial charge is 0.306 e. The van der Waals surface area contributed by atoms with Crippen molar-refractivity contribution in [1.29, 1.82) is 0 Å². The van der Waals surface area contributed by atoms with Gasteiger partial charge in [-0.1, -0.05) is 58.3 Å². The van der Waals surface area contributed by atoms with Gasteiger partial charge < -0.3 is 14.2 Å². The molecule has 3 atom stereocenters. The molecule has 7 heteroatoms. The van der Waals surface area contributed by atoms with Gasteiger partial charge in [0.15, 0.2) is 5.79 Å². The summed E-state index contributed by atoms with van der Waals surface area (Å²) in [5.74, 6) is -1.74. The molecule has 1 aliphatic rings. The quantitative estimate of drug-likeness (QED) is 0.148. The monoisotopic (exact) mass is 415 g/mol. The van der Waals surface area contributed by atoms with Crippen LogP contribution >= 0.6 is 0 Å². The average Bonchev–Trinajstić information content (AvgIpc) is 3.01. The predicted octanol–water partition coefficient (Wildman–Crippen LogP) is 5.27. The van der Waals surface area contributed by atoms with Gasteiger partial charge >= 0.3 is 5.97 Å². The first-order valence-electron chi connectivity index (χ1n) is 11.4. The van der Waals surface area contributed by atoms with Gasteiger partial charge in [0.1, 0.15) is 0 Å². The summed E-state index contributed by atoms with van der Waals surface area (Å²) in [6.45, 7) is 8.05. The Morgan fingerprint density at radius 1 is 1.10 bits per heavy atom. The highest BCUT2D eigenvalue weighted by atomic mass is 16.7. The van der Waals surface area contributed by atoms with E-state index in [2.05, 4.69) is 6.92 Å². The van der Waals surface area contributed by atoms with E-state index in [1.54, 1.807) is 20.8 Å². The van der Waals surface area contributed by atoms with Crippen molar-refractivity contribution in [2.45, 2.75) is 116 Å². The molecule has 0 amide bonds. The first-order valence-corrected chi connectivity index (χ1v) is 11.4. The molecule has 0 N–H and O–H groups in total. The zero-order chi connectivity index (χ0) is 21.7. The zero-order valence-corrected chi connectivity index (χ0v) is 18.8. The van der Waals surface area contributed by atoms with Crippen molar-refractivity contribution in [2.24, 2.45) is 5.92 Å². The molecule has 0 aromatic rings. The average molecular weight is 416 g/mol. The van der Waals surface area contributed by atoms with Gasteiger partial charge in [-0.15, -0.1) is 0 Å². The molecule has 0 bridgehead atoms. The lowest BCUT2D eigenvalue weighted by molar-refractivity contribution is -0.536. The largest absolute Gasteiger partial charge is 0.466 e. The highest BCUT2D eigenvalue weighted by Gasteiger charge is 2.45. The molecule has 0 aliphatic carbocycles. The third-order valence-electron chi connectivity index (χ3n) is 5.58. The maximum atomic E-state index is 12.1. The molecule has 1 rings (SSSR count). The van der Waals surface area contributed by atoms with Crippen molar-refractivity contribution in [1.82, 2.24) is 0 Å². The maximum Gasteiger partial charge on any atom is 0.306 e. The van der Waals surface area contributed by atoms with Crippen molar-refractivity contribution in [2.75, 3.05) is 13.2 Å². The number of hydrogen-bond acceptors (Lipinski definition) is 6. The second kappa shape index (κ2) is 13.9. The highest BCUT2D eigenvalue weighted by Crippen LogP contribution is 2.32. The van der Waals surface area contributed by atoms with Gasteiger partial charge in [0, 0.05) is 11.3 Å². The Morgan fingerprint density at radius 2 is 1.69 bits per heavy atom. The Labute approximate surface area is 176 Å². The number of nitro groups is 1. The van der Waals surface area contributed by atoms with Gasteiger partial charge in [0.05, 0.1) is 31.7 Å².